The third-order valence-corrected chi connectivity index (χ3v) is 2.62. The van der Waals surface area contributed by atoms with Crippen molar-refractivity contribution in [3.05, 3.63) is 35.1 Å². The second-order valence-electron chi connectivity index (χ2n) is 5.68. The van der Waals surface area contributed by atoms with Gasteiger partial charge in [-0.1, -0.05) is 38.7 Å². The normalized spacial score (nSPS) is 11.0. The predicted molar refractivity (Wildman–Crippen MR) is 76.1 cm³/mol. The minimum absolute atomic E-state index is 0.228. The summed E-state index contributed by atoms with van der Waals surface area (Å²) in [6.45, 7) is 7.93. The van der Waals surface area contributed by atoms with Gasteiger partial charge in [-0.15, -0.1) is 0 Å². The number of hydrogen-bond acceptors (Lipinski definition) is 2. The topological polar surface area (TPSA) is 35.2 Å². The molecule has 1 aromatic carbocycles. The summed E-state index contributed by atoms with van der Waals surface area (Å²) in [5.74, 6) is 5.06. The molecule has 2 nitrogen and oxygen atoms in total. The fraction of sp³-hybridized carbons (Fsp3) is 0.500. The molecule has 0 amide bonds. The Bertz CT molecular complexity index is 466. The lowest BCUT2D eigenvalue weighted by molar-refractivity contribution is 0.0962. The van der Waals surface area contributed by atoms with Gasteiger partial charge in [0.25, 0.3) is 0 Å². The van der Waals surface area contributed by atoms with Gasteiger partial charge < -0.3 is 10.5 Å². The Morgan fingerprint density at radius 3 is 2.68 bits per heavy atom. The highest BCUT2D eigenvalue weighted by atomic mass is 19.1. The van der Waals surface area contributed by atoms with E-state index in [1.165, 1.54) is 6.07 Å². The molecule has 0 radical (unpaired) electrons. The smallest absolute Gasteiger partial charge is 0.138 e. The molecule has 0 aliphatic heterocycles. The molecule has 3 heteroatoms. The van der Waals surface area contributed by atoms with E-state index >= 15 is 0 Å². The highest BCUT2D eigenvalue weighted by molar-refractivity contribution is 5.38. The number of benzene rings is 1. The van der Waals surface area contributed by atoms with Crippen LogP contribution in [0, 0.1) is 23.1 Å². The maximum Gasteiger partial charge on any atom is 0.138 e. The van der Waals surface area contributed by atoms with Crippen LogP contribution in [-0.4, -0.2) is 13.2 Å². The van der Waals surface area contributed by atoms with Crippen molar-refractivity contribution in [1.82, 2.24) is 0 Å². The molecule has 0 aliphatic rings. The van der Waals surface area contributed by atoms with E-state index in [0.29, 0.717) is 18.8 Å². The van der Waals surface area contributed by atoms with Gasteiger partial charge in [0.05, 0.1) is 18.7 Å². The van der Waals surface area contributed by atoms with Crippen LogP contribution < -0.4 is 5.73 Å². The third-order valence-electron chi connectivity index (χ3n) is 2.62. The van der Waals surface area contributed by atoms with Crippen molar-refractivity contribution in [2.75, 3.05) is 13.2 Å². The van der Waals surface area contributed by atoms with E-state index in [1.54, 1.807) is 12.1 Å². The van der Waals surface area contributed by atoms with Crippen LogP contribution in [0.15, 0.2) is 18.2 Å². The summed E-state index contributed by atoms with van der Waals surface area (Å²) < 4.78 is 19.1. The summed E-state index contributed by atoms with van der Waals surface area (Å²) in [7, 11) is 0. The molecule has 1 rings (SSSR count). The number of ether oxygens (including phenoxy) is 1. The van der Waals surface area contributed by atoms with E-state index < -0.39 is 0 Å². The Hall–Kier alpha value is -1.37. The lowest BCUT2D eigenvalue weighted by atomic mass is 9.93. The number of nitrogens with two attached hydrogens (primary N) is 1. The average molecular weight is 263 g/mol. The van der Waals surface area contributed by atoms with Crippen LogP contribution in [0.2, 0.25) is 0 Å². The van der Waals surface area contributed by atoms with Crippen LogP contribution >= 0.6 is 0 Å². The molecule has 104 valence electrons. The average Bonchev–Trinajstić information content (AvgIpc) is 2.33. The Kier molecular flexibility index (Phi) is 6.01. The number of hydrogen-bond donors (Lipinski definition) is 1. The molecule has 0 bridgehead atoms. The molecule has 0 aromatic heterocycles. The fourth-order valence-electron chi connectivity index (χ4n) is 1.47. The van der Waals surface area contributed by atoms with E-state index in [0.717, 1.165) is 12.0 Å². The SMILES string of the molecule is CC(C)(C)CCOCc1ccc(F)c(C#CCN)c1. The lowest BCUT2D eigenvalue weighted by Gasteiger charge is -2.17. The van der Waals surface area contributed by atoms with Crippen molar-refractivity contribution in [1.29, 1.82) is 0 Å². The first-order valence-electron chi connectivity index (χ1n) is 6.47. The van der Waals surface area contributed by atoms with E-state index in [2.05, 4.69) is 32.6 Å². The van der Waals surface area contributed by atoms with E-state index in [-0.39, 0.29) is 17.8 Å². The van der Waals surface area contributed by atoms with Crippen molar-refractivity contribution in [2.24, 2.45) is 11.1 Å². The molecule has 19 heavy (non-hydrogen) atoms. The zero-order valence-electron chi connectivity index (χ0n) is 11.9. The van der Waals surface area contributed by atoms with Crippen LogP contribution in [0.4, 0.5) is 4.39 Å². The lowest BCUT2D eigenvalue weighted by Crippen LogP contribution is -2.09. The van der Waals surface area contributed by atoms with Crippen LogP contribution in [0.5, 0.6) is 0 Å². The fourth-order valence-corrected chi connectivity index (χ4v) is 1.47. The Balaban J connectivity index is 2.55. The van der Waals surface area contributed by atoms with Crippen molar-refractivity contribution < 1.29 is 9.13 Å². The monoisotopic (exact) mass is 263 g/mol. The predicted octanol–water partition coefficient (Wildman–Crippen LogP) is 3.09. The molecule has 2 N–H and O–H groups in total. The first kappa shape index (κ1) is 15.7. The van der Waals surface area contributed by atoms with Gasteiger partial charge in [0, 0.05) is 6.61 Å². The van der Waals surface area contributed by atoms with Crippen LogP contribution in [-0.2, 0) is 11.3 Å². The summed E-state index contributed by atoms with van der Waals surface area (Å²) in [4.78, 5) is 0. The molecule has 0 fully saturated rings. The minimum atomic E-state index is -0.320. The van der Waals surface area contributed by atoms with Gasteiger partial charge in [-0.05, 0) is 29.5 Å². The molecule has 0 saturated carbocycles. The molecule has 1 aromatic rings. The van der Waals surface area contributed by atoms with Gasteiger partial charge in [-0.3, -0.25) is 0 Å². The quantitative estimate of drug-likeness (QED) is 0.669. The summed E-state index contributed by atoms with van der Waals surface area (Å²) in [6.07, 6.45) is 0.994. The van der Waals surface area contributed by atoms with Gasteiger partial charge in [-0.25, -0.2) is 4.39 Å². The zero-order valence-corrected chi connectivity index (χ0v) is 11.9. The first-order chi connectivity index (χ1) is 8.92. The zero-order chi connectivity index (χ0) is 14.3. The van der Waals surface area contributed by atoms with Gasteiger partial charge in [0.1, 0.15) is 5.82 Å². The molecule has 0 saturated heterocycles. The maximum atomic E-state index is 13.5. The molecule has 0 unspecified atom stereocenters. The van der Waals surface area contributed by atoms with Crippen LogP contribution in [0.25, 0.3) is 0 Å². The highest BCUT2D eigenvalue weighted by Gasteiger charge is 2.09. The van der Waals surface area contributed by atoms with Crippen LogP contribution in [0.3, 0.4) is 0 Å². The summed E-state index contributed by atoms with van der Waals surface area (Å²) in [6, 6.07) is 4.86. The summed E-state index contributed by atoms with van der Waals surface area (Å²) >= 11 is 0. The van der Waals surface area contributed by atoms with Crippen molar-refractivity contribution in [3.8, 4) is 11.8 Å². The molecular formula is C16H22FNO. The Morgan fingerprint density at radius 1 is 1.32 bits per heavy atom. The standard InChI is InChI=1S/C16H22FNO/c1-16(2,3)8-10-19-12-13-6-7-15(17)14(11-13)5-4-9-18/h6-7,11H,8-10,12,18H2,1-3H3. The summed E-state index contributed by atoms with van der Waals surface area (Å²) in [5.41, 5.74) is 6.85. The number of rotatable bonds is 4. The summed E-state index contributed by atoms with van der Waals surface area (Å²) in [5, 5.41) is 0. The van der Waals surface area contributed by atoms with Gasteiger partial charge in [-0.2, -0.15) is 0 Å². The van der Waals surface area contributed by atoms with Gasteiger partial charge in [0.15, 0.2) is 0 Å². The maximum absolute atomic E-state index is 13.5. The first-order valence-corrected chi connectivity index (χ1v) is 6.47. The molecular weight excluding hydrogens is 241 g/mol. The van der Waals surface area contributed by atoms with Crippen LogP contribution in [0.1, 0.15) is 38.3 Å². The second-order valence-corrected chi connectivity index (χ2v) is 5.68. The van der Waals surface area contributed by atoms with Gasteiger partial charge in [0.2, 0.25) is 0 Å². The van der Waals surface area contributed by atoms with E-state index in [9.17, 15) is 4.39 Å². The minimum Gasteiger partial charge on any atom is -0.377 e. The van der Waals surface area contributed by atoms with E-state index in [4.69, 9.17) is 10.5 Å². The molecule has 0 aliphatic carbocycles. The van der Waals surface area contributed by atoms with Crippen molar-refractivity contribution >= 4 is 0 Å². The third kappa shape index (κ3) is 6.37. The largest absolute Gasteiger partial charge is 0.377 e. The van der Waals surface area contributed by atoms with Crippen molar-refractivity contribution in [2.45, 2.75) is 33.8 Å². The molecule has 0 heterocycles. The van der Waals surface area contributed by atoms with E-state index in [1.807, 2.05) is 0 Å². The van der Waals surface area contributed by atoms with Gasteiger partial charge >= 0.3 is 0 Å². The molecule has 0 spiro atoms. The molecule has 0 atom stereocenters. The highest BCUT2D eigenvalue weighted by Crippen LogP contribution is 2.18. The number of halogens is 1. The Morgan fingerprint density at radius 2 is 2.05 bits per heavy atom. The second kappa shape index (κ2) is 7.28. The Labute approximate surface area is 115 Å². The van der Waals surface area contributed by atoms with Crippen molar-refractivity contribution in [3.63, 3.8) is 0 Å².